The molecule has 14 nitrogen and oxygen atoms in total. The Morgan fingerprint density at radius 3 is 2.51 bits per heavy atom. The lowest BCUT2D eigenvalue weighted by Crippen LogP contribution is -2.54. The summed E-state index contributed by atoms with van der Waals surface area (Å²) in [6, 6.07) is 7.87. The van der Waals surface area contributed by atoms with Crippen molar-refractivity contribution in [3.63, 3.8) is 0 Å². The van der Waals surface area contributed by atoms with Gasteiger partial charge in [0.2, 0.25) is 6.10 Å². The molecule has 3 rings (SSSR count). The summed E-state index contributed by atoms with van der Waals surface area (Å²) in [7, 11) is -3.12. The first-order valence-corrected chi connectivity index (χ1v) is 13.2. The molecule has 0 spiro atoms. The summed E-state index contributed by atoms with van der Waals surface area (Å²) in [6.45, 7) is 4.12. The topological polar surface area (TPSA) is 173 Å². The van der Waals surface area contributed by atoms with Crippen LogP contribution in [0.25, 0.3) is 0 Å². The van der Waals surface area contributed by atoms with Crippen molar-refractivity contribution in [1.82, 2.24) is 14.6 Å². The third kappa shape index (κ3) is 6.96. The smallest absolute Gasteiger partial charge is 0.462 e. The first-order valence-electron chi connectivity index (χ1n) is 11.6. The van der Waals surface area contributed by atoms with Crippen molar-refractivity contribution in [2.75, 3.05) is 13.7 Å². The van der Waals surface area contributed by atoms with E-state index in [1.54, 1.807) is 32.0 Å². The number of ether oxygens (including phenoxy) is 4. The summed E-state index contributed by atoms with van der Waals surface area (Å²) < 4.78 is 46.7. The number of terminal acetylenes is 1. The maximum absolute atomic E-state index is 13.8. The summed E-state index contributed by atoms with van der Waals surface area (Å²) in [5.41, 5.74) is -3.90. The molecule has 2 aromatic rings. The predicted molar refractivity (Wildman–Crippen MR) is 135 cm³/mol. The molecule has 2 heterocycles. The number of hydrogen-bond donors (Lipinski definition) is 2. The Labute approximate surface area is 223 Å². The third-order valence-electron chi connectivity index (χ3n) is 5.31. The third-order valence-corrected chi connectivity index (χ3v) is 6.96. The van der Waals surface area contributed by atoms with Gasteiger partial charge in [-0.3, -0.25) is 19.1 Å². The second-order valence-electron chi connectivity index (χ2n) is 8.52. The van der Waals surface area contributed by atoms with E-state index in [0.717, 1.165) is 16.8 Å². The molecule has 5 atom stereocenters. The molecule has 1 aliphatic rings. The van der Waals surface area contributed by atoms with Crippen LogP contribution in [0, 0.1) is 12.3 Å². The monoisotopic (exact) mass is 565 g/mol. The van der Waals surface area contributed by atoms with Crippen molar-refractivity contribution < 1.29 is 42.1 Å². The summed E-state index contributed by atoms with van der Waals surface area (Å²) in [4.78, 5) is 50.6. The van der Waals surface area contributed by atoms with Crippen LogP contribution < -0.4 is 20.9 Å². The number of rotatable bonds is 12. The molecule has 0 aliphatic carbocycles. The van der Waals surface area contributed by atoms with Gasteiger partial charge in [-0.1, -0.05) is 18.2 Å². The molecule has 210 valence electrons. The molecule has 1 unspecified atom stereocenters. The van der Waals surface area contributed by atoms with Gasteiger partial charge in [0.1, 0.15) is 17.9 Å². The van der Waals surface area contributed by atoms with E-state index in [2.05, 4.69) is 11.0 Å². The zero-order chi connectivity index (χ0) is 28.8. The van der Waals surface area contributed by atoms with Gasteiger partial charge in [-0.05, 0) is 38.8 Å². The summed E-state index contributed by atoms with van der Waals surface area (Å²) >= 11 is 0. The van der Waals surface area contributed by atoms with Crippen LogP contribution in [0.3, 0.4) is 0 Å². The highest BCUT2D eigenvalue weighted by Crippen LogP contribution is 2.46. The average Bonchev–Trinajstić information content (AvgIpc) is 3.21. The highest BCUT2D eigenvalue weighted by Gasteiger charge is 2.57. The van der Waals surface area contributed by atoms with Crippen molar-refractivity contribution in [3.05, 3.63) is 63.4 Å². The fraction of sp³-hybridized carbons (Fsp3) is 0.417. The number of aromatic amines is 1. The first-order chi connectivity index (χ1) is 18.4. The summed E-state index contributed by atoms with van der Waals surface area (Å²) in [5.74, 6) is 1.65. The number of nitrogens with zero attached hydrogens (tertiary/aromatic N) is 1. The molecule has 0 saturated carbocycles. The van der Waals surface area contributed by atoms with Gasteiger partial charge in [0.15, 0.2) is 0 Å². The first kappa shape index (κ1) is 29.7. The lowest BCUT2D eigenvalue weighted by Gasteiger charge is -2.32. The van der Waals surface area contributed by atoms with Gasteiger partial charge in [-0.25, -0.2) is 18.7 Å². The Bertz CT molecular complexity index is 1380. The molecule has 0 radical (unpaired) electrons. The highest BCUT2D eigenvalue weighted by atomic mass is 31.2. The molecule has 1 fully saturated rings. The van der Waals surface area contributed by atoms with Gasteiger partial charge < -0.3 is 23.5 Å². The minimum Gasteiger partial charge on any atom is -0.462 e. The number of carbonyl (C=O) groups excluding carboxylic acids is 2. The molecular formula is C24H28N3O11P. The number of aromatic nitrogens is 2. The van der Waals surface area contributed by atoms with Crippen LogP contribution in [0.1, 0.15) is 20.8 Å². The molecule has 1 aliphatic heterocycles. The van der Waals surface area contributed by atoms with E-state index < -0.39 is 67.8 Å². The number of cyclic esters (lactones) is 2. The van der Waals surface area contributed by atoms with Gasteiger partial charge in [0.05, 0.1) is 12.7 Å². The molecule has 39 heavy (non-hydrogen) atoms. The van der Waals surface area contributed by atoms with Gasteiger partial charge >= 0.3 is 25.6 Å². The van der Waals surface area contributed by atoms with E-state index >= 15 is 0 Å². The van der Waals surface area contributed by atoms with E-state index in [-0.39, 0.29) is 5.75 Å². The number of para-hydroxylation sites is 1. The Kier molecular flexibility index (Phi) is 9.36. The predicted octanol–water partition coefficient (Wildman–Crippen LogP) is 1.51. The van der Waals surface area contributed by atoms with Gasteiger partial charge in [-0.2, -0.15) is 5.09 Å². The van der Waals surface area contributed by atoms with Gasteiger partial charge in [-0.15, -0.1) is 6.42 Å². The highest BCUT2D eigenvalue weighted by molar-refractivity contribution is 7.52. The van der Waals surface area contributed by atoms with Crippen LogP contribution in [-0.2, 0) is 38.6 Å². The van der Waals surface area contributed by atoms with Gasteiger partial charge in [0, 0.05) is 19.4 Å². The van der Waals surface area contributed by atoms with Gasteiger partial charge in [0.25, 0.3) is 11.3 Å². The van der Waals surface area contributed by atoms with E-state index in [1.807, 2.05) is 4.98 Å². The molecule has 0 bridgehead atoms. The van der Waals surface area contributed by atoms with Crippen molar-refractivity contribution in [2.45, 2.75) is 50.8 Å². The Morgan fingerprint density at radius 2 is 1.92 bits per heavy atom. The second kappa shape index (κ2) is 12.3. The fourth-order valence-corrected chi connectivity index (χ4v) is 5.05. The molecule has 0 amide bonds. The minimum atomic E-state index is -4.34. The van der Waals surface area contributed by atoms with Crippen molar-refractivity contribution in [1.29, 1.82) is 0 Å². The molecule has 1 aromatic carbocycles. The maximum atomic E-state index is 13.8. The van der Waals surface area contributed by atoms with E-state index in [4.69, 9.17) is 34.4 Å². The lowest BCUT2D eigenvalue weighted by atomic mass is 10.0. The SMILES string of the molecule is C#C[C@@]1(n2ccc(=O)[nH]c2=O)OC(=O)O[C@@H]1[C@@H](COP(=O)(N[C@@H](C)C(=O)OC(C)C)Oc1ccccc1)OC. The minimum absolute atomic E-state index is 0.153. The Hall–Kier alpha value is -3.89. The number of carbonyl (C=O) groups is 2. The Morgan fingerprint density at radius 1 is 1.23 bits per heavy atom. The maximum Gasteiger partial charge on any atom is 0.511 e. The van der Waals surface area contributed by atoms with Crippen LogP contribution in [-0.4, -0.2) is 59.7 Å². The normalized spacial score (nSPS) is 21.6. The van der Waals surface area contributed by atoms with E-state index in [0.29, 0.717) is 0 Å². The van der Waals surface area contributed by atoms with Crippen LogP contribution in [0.5, 0.6) is 5.75 Å². The quantitative estimate of drug-likeness (QED) is 0.216. The fourth-order valence-electron chi connectivity index (χ4n) is 3.55. The van der Waals surface area contributed by atoms with Crippen LogP contribution in [0.15, 0.2) is 52.2 Å². The van der Waals surface area contributed by atoms with Crippen LogP contribution >= 0.6 is 7.75 Å². The number of H-pyrrole nitrogens is 1. The molecular weight excluding hydrogens is 537 g/mol. The second-order valence-corrected chi connectivity index (χ2v) is 10.2. The van der Waals surface area contributed by atoms with Crippen LogP contribution in [0.4, 0.5) is 4.79 Å². The molecule has 1 saturated heterocycles. The molecule has 15 heteroatoms. The van der Waals surface area contributed by atoms with Crippen molar-refractivity contribution in [2.24, 2.45) is 0 Å². The summed E-state index contributed by atoms with van der Waals surface area (Å²) in [6.07, 6.45) is 2.23. The Balaban J connectivity index is 1.91. The average molecular weight is 565 g/mol. The molecule has 1 aromatic heterocycles. The standard InChI is InChI=1S/C24H28N3O11P/c1-6-24(27-13-12-19(28)25-22(27)30)20(36-23(31)37-24)18(33-5)14-34-39(32,38-17-10-8-7-9-11-17)26-16(4)21(29)35-15(2)3/h1,7-13,15-16,18,20H,14H2,2-5H3,(H,26,32)(H,25,28,30)/t16-,18+,20+,24+,39?/m0/s1. The number of hydrogen-bond acceptors (Lipinski definition) is 11. The number of nitrogens with one attached hydrogen (secondary N) is 2. The number of esters is 1. The van der Waals surface area contributed by atoms with Crippen LogP contribution in [0.2, 0.25) is 0 Å². The molecule has 2 N–H and O–H groups in total. The van der Waals surface area contributed by atoms with E-state index in [9.17, 15) is 23.7 Å². The lowest BCUT2D eigenvalue weighted by molar-refractivity contribution is -0.149. The zero-order valence-corrected chi connectivity index (χ0v) is 22.4. The summed E-state index contributed by atoms with van der Waals surface area (Å²) in [5, 5.41) is 2.51. The number of methoxy groups -OCH3 is 1. The number of benzene rings is 1. The van der Waals surface area contributed by atoms with Crippen molar-refractivity contribution in [3.8, 4) is 18.1 Å². The van der Waals surface area contributed by atoms with E-state index in [1.165, 1.54) is 26.2 Å². The van der Waals surface area contributed by atoms with Crippen molar-refractivity contribution >= 4 is 19.9 Å². The largest absolute Gasteiger partial charge is 0.511 e. The zero-order valence-electron chi connectivity index (χ0n) is 21.5.